The first-order chi connectivity index (χ1) is 16.0. The molecule has 176 valence electrons. The van der Waals surface area contributed by atoms with Crippen LogP contribution in [0.1, 0.15) is 23.2 Å². The first-order valence-corrected chi connectivity index (χ1v) is 12.5. The number of nitrogens with zero attached hydrogens (tertiary/aromatic N) is 1. The Hall–Kier alpha value is -2.82. The molecular formula is C23H26N2O7S. The van der Waals surface area contributed by atoms with E-state index in [0.29, 0.717) is 68.2 Å². The van der Waals surface area contributed by atoms with E-state index < -0.39 is 10.0 Å². The molecule has 3 aliphatic heterocycles. The number of carbonyl (C=O) groups excluding carboxylic acids is 1. The molecule has 33 heavy (non-hydrogen) atoms. The highest BCUT2D eigenvalue weighted by Crippen LogP contribution is 2.33. The Balaban J connectivity index is 1.21. The predicted octanol–water partition coefficient (Wildman–Crippen LogP) is 2.48. The lowest BCUT2D eigenvalue weighted by Gasteiger charge is -2.33. The number of hydrogen-bond acceptors (Lipinski definition) is 7. The van der Waals surface area contributed by atoms with E-state index in [4.69, 9.17) is 18.9 Å². The van der Waals surface area contributed by atoms with Crippen molar-refractivity contribution in [1.82, 2.24) is 4.90 Å². The van der Waals surface area contributed by atoms with Crippen molar-refractivity contribution in [2.45, 2.75) is 24.0 Å². The lowest BCUT2D eigenvalue weighted by atomic mass is 9.95. The van der Waals surface area contributed by atoms with Crippen LogP contribution < -0.4 is 14.2 Å². The van der Waals surface area contributed by atoms with Crippen LogP contribution in [0.2, 0.25) is 0 Å². The molecule has 2 aromatic rings. The molecule has 5 rings (SSSR count). The lowest BCUT2D eigenvalue weighted by molar-refractivity contribution is -0.0956. The third kappa shape index (κ3) is 4.78. The number of amides is 1. The van der Waals surface area contributed by atoms with Crippen molar-refractivity contribution in [3.63, 3.8) is 0 Å². The average Bonchev–Trinajstić information content (AvgIpc) is 3.39. The number of hydrogen-bond donors (Lipinski definition) is 1. The number of anilines is 1. The number of carbonyl (C=O) groups is 1. The maximum absolute atomic E-state index is 12.9. The molecule has 2 aromatic carbocycles. The van der Waals surface area contributed by atoms with Gasteiger partial charge < -0.3 is 23.8 Å². The Morgan fingerprint density at radius 1 is 0.879 bits per heavy atom. The summed E-state index contributed by atoms with van der Waals surface area (Å²) in [5.74, 6) is 1.17. The van der Waals surface area contributed by atoms with Gasteiger partial charge in [-0.1, -0.05) is 0 Å². The largest absolute Gasteiger partial charge is 0.486 e. The van der Waals surface area contributed by atoms with Crippen molar-refractivity contribution in [1.29, 1.82) is 0 Å². The van der Waals surface area contributed by atoms with Crippen LogP contribution in [0.3, 0.4) is 0 Å². The van der Waals surface area contributed by atoms with Crippen molar-refractivity contribution in [3.8, 4) is 11.5 Å². The average molecular weight is 475 g/mol. The Morgan fingerprint density at radius 2 is 1.55 bits per heavy atom. The molecule has 0 bridgehead atoms. The van der Waals surface area contributed by atoms with E-state index in [1.807, 2.05) is 4.90 Å². The maximum Gasteiger partial charge on any atom is 0.262 e. The van der Waals surface area contributed by atoms with E-state index in [-0.39, 0.29) is 17.1 Å². The lowest BCUT2D eigenvalue weighted by Crippen LogP contribution is -2.41. The van der Waals surface area contributed by atoms with Gasteiger partial charge >= 0.3 is 0 Å². The van der Waals surface area contributed by atoms with E-state index in [0.717, 1.165) is 12.8 Å². The first-order valence-electron chi connectivity index (χ1n) is 11.0. The highest BCUT2D eigenvalue weighted by atomic mass is 32.2. The van der Waals surface area contributed by atoms with E-state index >= 15 is 0 Å². The molecular weight excluding hydrogens is 448 g/mol. The van der Waals surface area contributed by atoms with Gasteiger partial charge in [0.15, 0.2) is 17.8 Å². The number of sulfonamides is 1. The zero-order valence-corrected chi connectivity index (χ0v) is 18.9. The Morgan fingerprint density at radius 3 is 2.24 bits per heavy atom. The zero-order valence-electron chi connectivity index (χ0n) is 18.1. The van der Waals surface area contributed by atoms with Gasteiger partial charge in [-0.05, 0) is 49.2 Å². The molecule has 0 atom stereocenters. The third-order valence-electron chi connectivity index (χ3n) is 6.07. The van der Waals surface area contributed by atoms with Crippen LogP contribution in [0.4, 0.5) is 5.69 Å². The van der Waals surface area contributed by atoms with Gasteiger partial charge in [0.1, 0.15) is 13.2 Å². The molecule has 0 radical (unpaired) electrons. The summed E-state index contributed by atoms with van der Waals surface area (Å²) in [5, 5.41) is 0. The highest BCUT2D eigenvalue weighted by Gasteiger charge is 2.32. The zero-order chi connectivity index (χ0) is 22.8. The summed E-state index contributed by atoms with van der Waals surface area (Å²) < 4.78 is 50.2. The van der Waals surface area contributed by atoms with Crippen LogP contribution in [0.15, 0.2) is 47.4 Å². The van der Waals surface area contributed by atoms with Crippen molar-refractivity contribution in [3.05, 3.63) is 48.0 Å². The molecule has 10 heteroatoms. The van der Waals surface area contributed by atoms with Crippen LogP contribution in [0.5, 0.6) is 11.5 Å². The number of benzene rings is 2. The summed E-state index contributed by atoms with van der Waals surface area (Å²) in [4.78, 5) is 14.8. The highest BCUT2D eigenvalue weighted by molar-refractivity contribution is 7.92. The van der Waals surface area contributed by atoms with Gasteiger partial charge in [0, 0.05) is 36.3 Å². The molecule has 0 saturated carbocycles. The quantitative estimate of drug-likeness (QED) is 0.710. The summed E-state index contributed by atoms with van der Waals surface area (Å²) in [5.41, 5.74) is 0.889. The molecule has 0 spiro atoms. The number of nitrogens with one attached hydrogen (secondary N) is 1. The van der Waals surface area contributed by atoms with E-state index in [1.54, 1.807) is 30.3 Å². The smallest absolute Gasteiger partial charge is 0.262 e. The minimum atomic E-state index is -3.82. The van der Waals surface area contributed by atoms with Crippen LogP contribution in [-0.4, -0.2) is 65.0 Å². The van der Waals surface area contributed by atoms with Crippen molar-refractivity contribution in [2.75, 3.05) is 44.2 Å². The van der Waals surface area contributed by atoms with Gasteiger partial charge in [0.25, 0.3) is 15.9 Å². The maximum atomic E-state index is 12.9. The van der Waals surface area contributed by atoms with Crippen LogP contribution in [-0.2, 0) is 19.5 Å². The number of ether oxygens (including phenoxy) is 4. The second kappa shape index (κ2) is 9.20. The molecule has 1 N–H and O–H groups in total. The molecule has 0 aromatic heterocycles. The van der Waals surface area contributed by atoms with Gasteiger partial charge in [0.05, 0.1) is 18.1 Å². The molecule has 3 aliphatic rings. The van der Waals surface area contributed by atoms with Gasteiger partial charge in [-0.15, -0.1) is 0 Å². The summed E-state index contributed by atoms with van der Waals surface area (Å²) in [7, 11) is -3.82. The number of fused-ring (bicyclic) bond motifs is 1. The molecule has 2 saturated heterocycles. The standard InChI is InChI=1S/C23H26N2O7S/c26-22(25-9-7-17(8-10-25)23-31-13-14-32-23)16-1-3-18(4-2-16)24-33(27,28)19-5-6-20-21(15-19)30-12-11-29-20/h1-6,15,17,23-24H,7-14H2. The van der Waals surface area contributed by atoms with Gasteiger partial charge in [-0.25, -0.2) is 8.42 Å². The summed E-state index contributed by atoms with van der Waals surface area (Å²) in [6.45, 7) is 3.36. The summed E-state index contributed by atoms with van der Waals surface area (Å²) in [6, 6.07) is 11.0. The van der Waals surface area contributed by atoms with Crippen LogP contribution >= 0.6 is 0 Å². The summed E-state index contributed by atoms with van der Waals surface area (Å²) >= 11 is 0. The Labute approximate surface area is 192 Å². The second-order valence-corrected chi connectivity index (χ2v) is 9.91. The second-order valence-electron chi connectivity index (χ2n) is 8.23. The monoisotopic (exact) mass is 474 g/mol. The van der Waals surface area contributed by atoms with Gasteiger partial charge in [-0.3, -0.25) is 9.52 Å². The van der Waals surface area contributed by atoms with Gasteiger partial charge in [-0.2, -0.15) is 0 Å². The van der Waals surface area contributed by atoms with E-state index in [2.05, 4.69) is 4.72 Å². The van der Waals surface area contributed by atoms with Crippen LogP contribution in [0.25, 0.3) is 0 Å². The fourth-order valence-electron chi connectivity index (χ4n) is 4.29. The molecule has 9 nitrogen and oxygen atoms in total. The molecule has 2 fully saturated rings. The predicted molar refractivity (Wildman–Crippen MR) is 119 cm³/mol. The molecule has 0 aliphatic carbocycles. The molecule has 0 unspecified atom stereocenters. The minimum Gasteiger partial charge on any atom is -0.486 e. The third-order valence-corrected chi connectivity index (χ3v) is 7.45. The number of likely N-dealkylation sites (tertiary alicyclic amines) is 1. The normalized spacial score (nSPS) is 19.5. The number of rotatable bonds is 5. The van der Waals surface area contributed by atoms with Gasteiger partial charge in [0.2, 0.25) is 0 Å². The fraction of sp³-hybridized carbons (Fsp3) is 0.435. The SMILES string of the molecule is O=C(c1ccc(NS(=O)(=O)c2ccc3c(c2)OCCO3)cc1)N1CCC(C2OCCO2)CC1. The molecule has 3 heterocycles. The van der Waals surface area contributed by atoms with Crippen molar-refractivity contribution in [2.24, 2.45) is 5.92 Å². The minimum absolute atomic E-state index is 0.0667. The fourth-order valence-corrected chi connectivity index (χ4v) is 5.37. The Kier molecular flexibility index (Phi) is 6.13. The van der Waals surface area contributed by atoms with E-state index in [9.17, 15) is 13.2 Å². The van der Waals surface area contributed by atoms with E-state index in [1.165, 1.54) is 12.1 Å². The van der Waals surface area contributed by atoms with Crippen molar-refractivity contribution >= 4 is 21.6 Å². The van der Waals surface area contributed by atoms with Crippen LogP contribution in [0, 0.1) is 5.92 Å². The summed E-state index contributed by atoms with van der Waals surface area (Å²) in [6.07, 6.45) is 1.52. The Bertz CT molecular complexity index is 1110. The van der Waals surface area contributed by atoms with Crippen molar-refractivity contribution < 1.29 is 32.2 Å². The topological polar surface area (TPSA) is 103 Å². The first kappa shape index (κ1) is 22.0. The number of piperidine rings is 1. The molecule has 1 amide bonds.